The lowest BCUT2D eigenvalue weighted by atomic mass is 9.94. The fraction of sp³-hybridized carbons (Fsp3) is 0.462. The standard InChI is InChI=1S/C13H19NO.ClH/c1-4-14-13(2,3)10-12(15)11-8-6-5-7-9-11;/h5-9,14H,4,10H2,1-3H3;1H. The maximum atomic E-state index is 11.9. The van der Waals surface area contributed by atoms with Gasteiger partial charge >= 0.3 is 0 Å². The van der Waals surface area contributed by atoms with Crippen molar-refractivity contribution in [2.24, 2.45) is 0 Å². The van der Waals surface area contributed by atoms with Crippen LogP contribution in [-0.2, 0) is 0 Å². The number of Topliss-reactive ketones (excluding diaryl/α,β-unsaturated/α-hetero) is 1. The third-order valence-electron chi connectivity index (χ3n) is 2.35. The van der Waals surface area contributed by atoms with Gasteiger partial charge in [0.15, 0.2) is 5.78 Å². The zero-order valence-corrected chi connectivity index (χ0v) is 10.9. The van der Waals surface area contributed by atoms with Gasteiger partial charge in [0.05, 0.1) is 0 Å². The van der Waals surface area contributed by atoms with Crippen molar-refractivity contribution in [3.05, 3.63) is 35.9 Å². The van der Waals surface area contributed by atoms with Crippen LogP contribution < -0.4 is 5.32 Å². The first kappa shape index (κ1) is 15.1. The molecule has 3 heteroatoms. The highest BCUT2D eigenvalue weighted by Crippen LogP contribution is 2.13. The van der Waals surface area contributed by atoms with Crippen LogP contribution in [0.25, 0.3) is 0 Å². The first-order valence-corrected chi connectivity index (χ1v) is 5.38. The van der Waals surface area contributed by atoms with E-state index in [2.05, 4.69) is 26.1 Å². The summed E-state index contributed by atoms with van der Waals surface area (Å²) in [6, 6.07) is 9.45. The molecule has 0 heterocycles. The van der Waals surface area contributed by atoms with E-state index in [0.717, 1.165) is 12.1 Å². The van der Waals surface area contributed by atoms with Gasteiger partial charge in [-0.2, -0.15) is 0 Å². The van der Waals surface area contributed by atoms with Crippen molar-refractivity contribution >= 4 is 18.2 Å². The van der Waals surface area contributed by atoms with Gasteiger partial charge < -0.3 is 5.32 Å². The Morgan fingerprint density at radius 2 is 1.81 bits per heavy atom. The maximum Gasteiger partial charge on any atom is 0.164 e. The molecule has 0 amide bonds. The molecule has 0 fully saturated rings. The van der Waals surface area contributed by atoms with Gasteiger partial charge in [0, 0.05) is 17.5 Å². The maximum absolute atomic E-state index is 11.9. The number of halogens is 1. The first-order valence-electron chi connectivity index (χ1n) is 5.38. The van der Waals surface area contributed by atoms with Gasteiger partial charge in [0.25, 0.3) is 0 Å². The lowest BCUT2D eigenvalue weighted by Crippen LogP contribution is -2.40. The van der Waals surface area contributed by atoms with Gasteiger partial charge in [0.1, 0.15) is 0 Å². The third kappa shape index (κ3) is 4.77. The summed E-state index contributed by atoms with van der Waals surface area (Å²) in [4.78, 5) is 11.9. The second-order valence-corrected chi connectivity index (χ2v) is 4.38. The molecule has 90 valence electrons. The Bertz CT molecular complexity index is 322. The highest BCUT2D eigenvalue weighted by molar-refractivity contribution is 5.96. The van der Waals surface area contributed by atoms with Crippen LogP contribution in [0.2, 0.25) is 0 Å². The minimum atomic E-state index is -0.123. The number of benzene rings is 1. The van der Waals surface area contributed by atoms with E-state index >= 15 is 0 Å². The Morgan fingerprint density at radius 3 is 2.31 bits per heavy atom. The SMILES string of the molecule is CCNC(C)(C)CC(=O)c1ccccc1.Cl. The van der Waals surface area contributed by atoms with Crippen molar-refractivity contribution in [1.29, 1.82) is 0 Å². The Balaban J connectivity index is 0.00000225. The number of carbonyl (C=O) groups is 1. The molecule has 2 nitrogen and oxygen atoms in total. The molecule has 0 bridgehead atoms. The molecule has 1 aromatic rings. The van der Waals surface area contributed by atoms with Crippen molar-refractivity contribution in [2.75, 3.05) is 6.54 Å². The molecule has 0 saturated carbocycles. The smallest absolute Gasteiger partial charge is 0.164 e. The minimum absolute atomic E-state index is 0. The van der Waals surface area contributed by atoms with Crippen molar-refractivity contribution in [2.45, 2.75) is 32.7 Å². The predicted molar refractivity (Wildman–Crippen MR) is 70.4 cm³/mol. The average Bonchev–Trinajstić information content (AvgIpc) is 2.18. The van der Waals surface area contributed by atoms with E-state index in [1.165, 1.54) is 0 Å². The number of carbonyl (C=O) groups excluding carboxylic acids is 1. The first-order chi connectivity index (χ1) is 7.05. The van der Waals surface area contributed by atoms with Crippen LogP contribution in [0.3, 0.4) is 0 Å². The Labute approximate surface area is 104 Å². The molecule has 0 aliphatic heterocycles. The third-order valence-corrected chi connectivity index (χ3v) is 2.35. The van der Waals surface area contributed by atoms with Crippen LogP contribution in [0.1, 0.15) is 37.6 Å². The fourth-order valence-electron chi connectivity index (χ4n) is 1.67. The lowest BCUT2D eigenvalue weighted by Gasteiger charge is -2.24. The summed E-state index contributed by atoms with van der Waals surface area (Å²) in [5, 5.41) is 3.30. The van der Waals surface area contributed by atoms with E-state index in [9.17, 15) is 4.79 Å². The molecule has 0 saturated heterocycles. The quantitative estimate of drug-likeness (QED) is 0.803. The summed E-state index contributed by atoms with van der Waals surface area (Å²) >= 11 is 0. The number of hydrogen-bond acceptors (Lipinski definition) is 2. The summed E-state index contributed by atoms with van der Waals surface area (Å²) in [7, 11) is 0. The second kappa shape index (κ2) is 6.66. The molecule has 0 spiro atoms. The van der Waals surface area contributed by atoms with E-state index < -0.39 is 0 Å². The van der Waals surface area contributed by atoms with E-state index in [4.69, 9.17) is 0 Å². The van der Waals surface area contributed by atoms with Crippen LogP contribution in [0.15, 0.2) is 30.3 Å². The number of hydrogen-bond donors (Lipinski definition) is 1. The summed E-state index contributed by atoms with van der Waals surface area (Å²) in [5.74, 6) is 0.196. The highest BCUT2D eigenvalue weighted by atomic mass is 35.5. The largest absolute Gasteiger partial charge is 0.312 e. The van der Waals surface area contributed by atoms with E-state index in [1.807, 2.05) is 30.3 Å². The Hall–Kier alpha value is -0.860. The topological polar surface area (TPSA) is 29.1 Å². The molecule has 0 aromatic heterocycles. The lowest BCUT2D eigenvalue weighted by molar-refractivity contribution is 0.0950. The van der Waals surface area contributed by atoms with E-state index in [-0.39, 0.29) is 23.7 Å². The molecule has 1 rings (SSSR count). The monoisotopic (exact) mass is 241 g/mol. The molecule has 0 aliphatic carbocycles. The molecule has 1 aromatic carbocycles. The Morgan fingerprint density at radius 1 is 1.25 bits per heavy atom. The van der Waals surface area contributed by atoms with E-state index in [1.54, 1.807) is 0 Å². The highest BCUT2D eigenvalue weighted by Gasteiger charge is 2.20. The van der Waals surface area contributed by atoms with E-state index in [0.29, 0.717) is 6.42 Å². The number of ketones is 1. The molecular weight excluding hydrogens is 222 g/mol. The summed E-state index contributed by atoms with van der Waals surface area (Å²) in [6.07, 6.45) is 0.533. The molecule has 16 heavy (non-hydrogen) atoms. The summed E-state index contributed by atoms with van der Waals surface area (Å²) < 4.78 is 0. The van der Waals surface area contributed by atoms with Gasteiger partial charge in [-0.1, -0.05) is 37.3 Å². The van der Waals surface area contributed by atoms with Gasteiger partial charge in [-0.05, 0) is 20.4 Å². The average molecular weight is 242 g/mol. The number of nitrogens with one attached hydrogen (secondary N) is 1. The minimum Gasteiger partial charge on any atom is -0.312 e. The molecule has 0 radical (unpaired) electrons. The molecule has 0 aliphatic rings. The summed E-state index contributed by atoms with van der Waals surface area (Å²) in [5.41, 5.74) is 0.672. The van der Waals surface area contributed by atoms with Crippen molar-refractivity contribution in [3.8, 4) is 0 Å². The van der Waals surface area contributed by atoms with Crippen LogP contribution in [0.4, 0.5) is 0 Å². The zero-order chi connectivity index (χ0) is 11.3. The van der Waals surface area contributed by atoms with Crippen molar-refractivity contribution in [1.82, 2.24) is 5.32 Å². The van der Waals surface area contributed by atoms with Gasteiger partial charge in [-0.15, -0.1) is 12.4 Å². The van der Waals surface area contributed by atoms with Gasteiger partial charge in [-0.25, -0.2) is 0 Å². The van der Waals surface area contributed by atoms with Crippen molar-refractivity contribution < 1.29 is 4.79 Å². The number of rotatable bonds is 5. The molecule has 0 atom stereocenters. The second-order valence-electron chi connectivity index (χ2n) is 4.38. The molecule has 0 unspecified atom stereocenters. The predicted octanol–water partition coefficient (Wildman–Crippen LogP) is 3.07. The van der Waals surface area contributed by atoms with Gasteiger partial charge in [-0.3, -0.25) is 4.79 Å². The van der Waals surface area contributed by atoms with Crippen LogP contribution in [0.5, 0.6) is 0 Å². The fourth-order valence-corrected chi connectivity index (χ4v) is 1.67. The van der Waals surface area contributed by atoms with Crippen LogP contribution in [-0.4, -0.2) is 17.9 Å². The summed E-state index contributed by atoms with van der Waals surface area (Å²) in [6.45, 7) is 7.04. The van der Waals surface area contributed by atoms with Crippen LogP contribution >= 0.6 is 12.4 Å². The normalized spacial score (nSPS) is 10.7. The van der Waals surface area contributed by atoms with Crippen LogP contribution in [0, 0.1) is 0 Å². The molecule has 1 N–H and O–H groups in total. The Kier molecular flexibility index (Phi) is 6.31. The van der Waals surface area contributed by atoms with Gasteiger partial charge in [0.2, 0.25) is 0 Å². The molecular formula is C13H20ClNO. The van der Waals surface area contributed by atoms with Crippen molar-refractivity contribution in [3.63, 3.8) is 0 Å². The zero-order valence-electron chi connectivity index (χ0n) is 10.1.